The Balaban J connectivity index is 2.93. The number of hydrogen-bond donors (Lipinski definition) is 1. The van der Waals surface area contributed by atoms with Crippen LogP contribution in [-0.2, 0) is 0 Å². The molecule has 1 aromatic carbocycles. The number of rotatable bonds is 2. The molecule has 1 aromatic rings. The van der Waals surface area contributed by atoms with E-state index in [1.165, 1.54) is 0 Å². The van der Waals surface area contributed by atoms with Crippen molar-refractivity contribution in [3.63, 3.8) is 0 Å². The fourth-order valence-electron chi connectivity index (χ4n) is 0.995. The first kappa shape index (κ1) is 11.9. The van der Waals surface area contributed by atoms with E-state index in [-0.39, 0.29) is 17.0 Å². The van der Waals surface area contributed by atoms with Crippen molar-refractivity contribution < 1.29 is 4.79 Å². The summed E-state index contributed by atoms with van der Waals surface area (Å²) in [6.45, 7) is 1.70. The molecule has 0 saturated carbocycles. The van der Waals surface area contributed by atoms with E-state index in [2.05, 4.69) is 11.2 Å². The van der Waals surface area contributed by atoms with Crippen LogP contribution in [0.5, 0.6) is 0 Å². The Hall–Kier alpha value is -1.17. The lowest BCUT2D eigenvalue weighted by Gasteiger charge is -2.09. The van der Waals surface area contributed by atoms with Gasteiger partial charge in [-0.25, -0.2) is 0 Å². The van der Waals surface area contributed by atoms with Crippen LogP contribution in [0.3, 0.4) is 0 Å². The predicted molar refractivity (Wildman–Crippen MR) is 62.2 cm³/mol. The molecule has 0 aliphatic carbocycles. The van der Waals surface area contributed by atoms with E-state index in [4.69, 9.17) is 29.6 Å². The summed E-state index contributed by atoms with van der Waals surface area (Å²) in [5.74, 6) is 2.07. The van der Waals surface area contributed by atoms with Crippen molar-refractivity contribution in [1.82, 2.24) is 5.32 Å². The van der Waals surface area contributed by atoms with E-state index in [9.17, 15) is 4.79 Å². The lowest BCUT2D eigenvalue weighted by Crippen LogP contribution is -2.31. The highest BCUT2D eigenvalue weighted by atomic mass is 35.5. The Morgan fingerprint density at radius 1 is 1.53 bits per heavy atom. The predicted octanol–water partition coefficient (Wildman–Crippen LogP) is 2.74. The summed E-state index contributed by atoms with van der Waals surface area (Å²) in [6.07, 6.45) is 5.14. The maximum atomic E-state index is 11.6. The molecule has 0 bridgehead atoms. The number of carbonyl (C=O) groups is 1. The second-order valence-corrected chi connectivity index (χ2v) is 3.75. The standard InChI is InChI=1S/C11H9Cl2NO/c1-3-7(2)14-11(15)8-5-4-6-9(12)10(8)13/h1,4-7H,2H3,(H,14,15). The summed E-state index contributed by atoms with van der Waals surface area (Å²) in [6, 6.07) is 4.52. The van der Waals surface area contributed by atoms with Gasteiger partial charge in [0.25, 0.3) is 5.91 Å². The Bertz CT molecular complexity index is 423. The zero-order valence-electron chi connectivity index (χ0n) is 8.05. The summed E-state index contributed by atoms with van der Waals surface area (Å²) in [5, 5.41) is 3.18. The van der Waals surface area contributed by atoms with E-state index < -0.39 is 0 Å². The van der Waals surface area contributed by atoms with Gasteiger partial charge >= 0.3 is 0 Å². The smallest absolute Gasteiger partial charge is 0.253 e. The number of amides is 1. The highest BCUT2D eigenvalue weighted by Gasteiger charge is 2.13. The van der Waals surface area contributed by atoms with Gasteiger partial charge in [0.05, 0.1) is 21.7 Å². The largest absolute Gasteiger partial charge is 0.339 e. The van der Waals surface area contributed by atoms with Crippen LogP contribution in [0.25, 0.3) is 0 Å². The Labute approximate surface area is 98.6 Å². The van der Waals surface area contributed by atoms with Gasteiger partial charge < -0.3 is 5.32 Å². The van der Waals surface area contributed by atoms with Crippen molar-refractivity contribution in [1.29, 1.82) is 0 Å². The SMILES string of the molecule is C#CC(C)NC(=O)c1cccc(Cl)c1Cl. The highest BCUT2D eigenvalue weighted by molar-refractivity contribution is 6.43. The number of hydrogen-bond acceptors (Lipinski definition) is 1. The molecule has 2 nitrogen and oxygen atoms in total. The molecule has 0 aliphatic rings. The van der Waals surface area contributed by atoms with Crippen LogP contribution in [0.2, 0.25) is 10.0 Å². The lowest BCUT2D eigenvalue weighted by molar-refractivity contribution is 0.0948. The van der Waals surface area contributed by atoms with Gasteiger partial charge in [0.2, 0.25) is 0 Å². The first-order valence-electron chi connectivity index (χ1n) is 4.27. The molecule has 1 atom stereocenters. The number of nitrogens with one attached hydrogen (secondary N) is 1. The van der Waals surface area contributed by atoms with Gasteiger partial charge in [0, 0.05) is 0 Å². The van der Waals surface area contributed by atoms with Gasteiger partial charge in [0.1, 0.15) is 0 Å². The number of halogens is 2. The molecule has 4 heteroatoms. The van der Waals surface area contributed by atoms with Crippen molar-refractivity contribution in [2.45, 2.75) is 13.0 Å². The molecule has 78 valence electrons. The monoisotopic (exact) mass is 241 g/mol. The average Bonchev–Trinajstić information content (AvgIpc) is 2.21. The van der Waals surface area contributed by atoms with Crippen molar-refractivity contribution in [2.75, 3.05) is 0 Å². The van der Waals surface area contributed by atoms with Crippen molar-refractivity contribution in [3.05, 3.63) is 33.8 Å². The Kier molecular flexibility index (Phi) is 4.02. The third-order valence-corrected chi connectivity index (χ3v) is 2.61. The fraction of sp³-hybridized carbons (Fsp3) is 0.182. The highest BCUT2D eigenvalue weighted by Crippen LogP contribution is 2.25. The zero-order chi connectivity index (χ0) is 11.4. The second kappa shape index (κ2) is 5.06. The molecule has 1 rings (SSSR count). The van der Waals surface area contributed by atoms with Crippen molar-refractivity contribution in [3.8, 4) is 12.3 Å². The molecule has 0 saturated heterocycles. The molecule has 0 radical (unpaired) electrons. The normalized spacial score (nSPS) is 11.6. The Morgan fingerprint density at radius 3 is 2.80 bits per heavy atom. The lowest BCUT2D eigenvalue weighted by atomic mass is 10.2. The molecule has 0 heterocycles. The van der Waals surface area contributed by atoms with E-state index >= 15 is 0 Å². The summed E-state index contributed by atoms with van der Waals surface area (Å²) in [4.78, 5) is 11.6. The molecule has 0 spiro atoms. The Morgan fingerprint density at radius 2 is 2.20 bits per heavy atom. The molecule has 1 N–H and O–H groups in total. The minimum Gasteiger partial charge on any atom is -0.339 e. The van der Waals surface area contributed by atoms with Gasteiger partial charge in [0.15, 0.2) is 0 Å². The first-order valence-corrected chi connectivity index (χ1v) is 5.03. The second-order valence-electron chi connectivity index (χ2n) is 2.96. The minimum atomic E-state index is -0.340. The molecule has 0 fully saturated rings. The summed E-state index contributed by atoms with van der Waals surface area (Å²) >= 11 is 11.6. The molecule has 1 amide bonds. The average molecular weight is 242 g/mol. The third kappa shape index (κ3) is 2.89. The fourth-order valence-corrected chi connectivity index (χ4v) is 1.38. The summed E-state index contributed by atoms with van der Waals surface area (Å²) in [5.41, 5.74) is 0.325. The maximum absolute atomic E-state index is 11.6. The van der Waals surface area contributed by atoms with Crippen LogP contribution in [0.15, 0.2) is 18.2 Å². The first-order chi connectivity index (χ1) is 7.06. The molecule has 1 unspecified atom stereocenters. The molecule has 0 aromatic heterocycles. The van der Waals surface area contributed by atoms with Crippen LogP contribution in [0, 0.1) is 12.3 Å². The van der Waals surface area contributed by atoms with Gasteiger partial charge in [-0.05, 0) is 19.1 Å². The molecular weight excluding hydrogens is 233 g/mol. The number of benzene rings is 1. The topological polar surface area (TPSA) is 29.1 Å². The van der Waals surface area contributed by atoms with E-state index in [1.54, 1.807) is 25.1 Å². The maximum Gasteiger partial charge on any atom is 0.253 e. The van der Waals surface area contributed by atoms with Crippen LogP contribution >= 0.6 is 23.2 Å². The molecule has 15 heavy (non-hydrogen) atoms. The number of terminal acetylenes is 1. The summed E-state index contributed by atoms with van der Waals surface area (Å²) in [7, 11) is 0. The van der Waals surface area contributed by atoms with E-state index in [1.807, 2.05) is 0 Å². The molecule has 0 aliphatic heterocycles. The summed E-state index contributed by atoms with van der Waals surface area (Å²) < 4.78 is 0. The number of carbonyl (C=O) groups excluding carboxylic acids is 1. The minimum absolute atomic E-state index is 0.237. The van der Waals surface area contributed by atoms with Gasteiger partial charge in [-0.15, -0.1) is 6.42 Å². The van der Waals surface area contributed by atoms with E-state index in [0.29, 0.717) is 10.6 Å². The van der Waals surface area contributed by atoms with Crippen molar-refractivity contribution in [2.24, 2.45) is 0 Å². The van der Waals surface area contributed by atoms with Crippen molar-refractivity contribution >= 4 is 29.1 Å². The van der Waals surface area contributed by atoms with Gasteiger partial charge in [-0.3, -0.25) is 4.79 Å². The quantitative estimate of drug-likeness (QED) is 0.794. The van der Waals surface area contributed by atoms with Gasteiger partial charge in [-0.1, -0.05) is 35.2 Å². The van der Waals surface area contributed by atoms with Crippen LogP contribution < -0.4 is 5.32 Å². The van der Waals surface area contributed by atoms with E-state index in [0.717, 1.165) is 0 Å². The van der Waals surface area contributed by atoms with Crippen LogP contribution in [0.1, 0.15) is 17.3 Å². The third-order valence-electron chi connectivity index (χ3n) is 1.79. The van der Waals surface area contributed by atoms with Crippen LogP contribution in [-0.4, -0.2) is 11.9 Å². The van der Waals surface area contributed by atoms with Crippen LogP contribution in [0.4, 0.5) is 0 Å². The molecular formula is C11H9Cl2NO. The zero-order valence-corrected chi connectivity index (χ0v) is 9.56. The van der Waals surface area contributed by atoms with Gasteiger partial charge in [-0.2, -0.15) is 0 Å².